The van der Waals surface area contributed by atoms with Crippen LogP contribution in [0.5, 0.6) is 0 Å². The number of hydrogen-bond acceptors (Lipinski definition) is 5. The van der Waals surface area contributed by atoms with Gasteiger partial charge in [0.25, 0.3) is 0 Å². The molecule has 0 saturated heterocycles. The molecule has 6 nitrogen and oxygen atoms in total. The quantitative estimate of drug-likeness (QED) is 0.752. The molecule has 2 aromatic carbocycles. The largest absolute Gasteiger partial charge is 0.419 e. The Balaban J connectivity index is 1.74. The summed E-state index contributed by atoms with van der Waals surface area (Å²) in [5.74, 6) is 0.521. The molecule has 8 heteroatoms. The molecule has 1 heterocycles. The van der Waals surface area contributed by atoms with Crippen molar-refractivity contribution in [2.45, 2.75) is 18.4 Å². The molecule has 0 bridgehead atoms. The zero-order chi connectivity index (χ0) is 17.2. The second-order valence-corrected chi connectivity index (χ2v) is 7.36. The Morgan fingerprint density at radius 3 is 2.67 bits per heavy atom. The molecule has 1 aromatic heterocycles. The summed E-state index contributed by atoms with van der Waals surface area (Å²) in [6.07, 6.45) is 0. The van der Waals surface area contributed by atoms with Crippen molar-refractivity contribution in [2.24, 2.45) is 0 Å². The fraction of sp³-hybridized carbons (Fsp3) is 0.125. The first-order valence-electron chi connectivity index (χ1n) is 7.09. The number of hydrogen-bond donors (Lipinski definition) is 1. The van der Waals surface area contributed by atoms with Crippen LogP contribution in [0.3, 0.4) is 0 Å². The van der Waals surface area contributed by atoms with Gasteiger partial charge in [-0.1, -0.05) is 35.4 Å². The second-order valence-electron chi connectivity index (χ2n) is 5.15. The van der Waals surface area contributed by atoms with Crippen LogP contribution < -0.4 is 4.72 Å². The van der Waals surface area contributed by atoms with Crippen molar-refractivity contribution in [1.29, 1.82) is 0 Å². The monoisotopic (exact) mass is 363 g/mol. The zero-order valence-electron chi connectivity index (χ0n) is 12.7. The Kier molecular flexibility index (Phi) is 4.66. The molecule has 0 saturated carbocycles. The van der Waals surface area contributed by atoms with Crippen molar-refractivity contribution < 1.29 is 12.8 Å². The molecule has 0 aliphatic rings. The van der Waals surface area contributed by atoms with Gasteiger partial charge in [0.1, 0.15) is 0 Å². The van der Waals surface area contributed by atoms with E-state index in [2.05, 4.69) is 14.9 Å². The Morgan fingerprint density at radius 1 is 1.12 bits per heavy atom. The molecule has 3 aromatic rings. The summed E-state index contributed by atoms with van der Waals surface area (Å²) in [6, 6.07) is 13.6. The SMILES string of the molecule is Cc1cccc(-c2nnc(CNS(=O)(=O)c3cccc(Cl)c3)o2)c1. The lowest BCUT2D eigenvalue weighted by atomic mass is 10.1. The summed E-state index contributed by atoms with van der Waals surface area (Å²) in [5.41, 5.74) is 1.85. The molecule has 0 spiro atoms. The number of nitrogens with zero attached hydrogens (tertiary/aromatic N) is 2. The predicted molar refractivity (Wildman–Crippen MR) is 89.9 cm³/mol. The lowest BCUT2D eigenvalue weighted by Gasteiger charge is -2.04. The van der Waals surface area contributed by atoms with Gasteiger partial charge >= 0.3 is 0 Å². The average Bonchev–Trinajstić information content (AvgIpc) is 3.02. The number of nitrogens with one attached hydrogen (secondary N) is 1. The zero-order valence-corrected chi connectivity index (χ0v) is 14.3. The van der Waals surface area contributed by atoms with E-state index in [-0.39, 0.29) is 17.3 Å². The highest BCUT2D eigenvalue weighted by atomic mass is 35.5. The molecule has 0 aliphatic heterocycles. The maximum Gasteiger partial charge on any atom is 0.247 e. The number of aryl methyl sites for hydroxylation is 1. The van der Waals surface area contributed by atoms with Crippen LogP contribution in [0.4, 0.5) is 0 Å². The van der Waals surface area contributed by atoms with Gasteiger partial charge in [-0.05, 0) is 37.3 Å². The minimum absolute atomic E-state index is 0.0772. The fourth-order valence-corrected chi connectivity index (χ4v) is 3.37. The van der Waals surface area contributed by atoms with E-state index in [1.807, 2.05) is 31.2 Å². The molecule has 3 rings (SSSR count). The first-order chi connectivity index (χ1) is 11.4. The van der Waals surface area contributed by atoms with Crippen molar-refractivity contribution >= 4 is 21.6 Å². The first kappa shape index (κ1) is 16.6. The molecule has 0 unspecified atom stereocenters. The van der Waals surface area contributed by atoms with E-state index in [4.69, 9.17) is 16.0 Å². The average molecular weight is 364 g/mol. The van der Waals surface area contributed by atoms with Gasteiger partial charge in [0.15, 0.2) is 0 Å². The summed E-state index contributed by atoms with van der Waals surface area (Å²) >= 11 is 5.82. The second kappa shape index (κ2) is 6.72. The maximum absolute atomic E-state index is 12.2. The highest BCUT2D eigenvalue weighted by molar-refractivity contribution is 7.89. The lowest BCUT2D eigenvalue weighted by molar-refractivity contribution is 0.494. The van der Waals surface area contributed by atoms with Crippen LogP contribution in [-0.4, -0.2) is 18.6 Å². The minimum Gasteiger partial charge on any atom is -0.419 e. The standard InChI is InChI=1S/C16H14ClN3O3S/c1-11-4-2-5-12(8-11)16-20-19-15(23-16)10-18-24(21,22)14-7-3-6-13(17)9-14/h2-9,18H,10H2,1H3. The number of aromatic nitrogens is 2. The van der Waals surface area contributed by atoms with Crippen LogP contribution in [-0.2, 0) is 16.6 Å². The van der Waals surface area contributed by atoms with Crippen molar-refractivity contribution in [3.63, 3.8) is 0 Å². The molecule has 24 heavy (non-hydrogen) atoms. The summed E-state index contributed by atoms with van der Waals surface area (Å²) in [7, 11) is -3.71. The van der Waals surface area contributed by atoms with E-state index in [9.17, 15) is 8.42 Å². The van der Waals surface area contributed by atoms with Gasteiger partial charge in [-0.15, -0.1) is 10.2 Å². The normalized spacial score (nSPS) is 11.6. The van der Waals surface area contributed by atoms with E-state index < -0.39 is 10.0 Å². The highest BCUT2D eigenvalue weighted by Crippen LogP contribution is 2.19. The first-order valence-corrected chi connectivity index (χ1v) is 8.95. The number of benzene rings is 2. The molecular formula is C16H14ClN3O3S. The predicted octanol–water partition coefficient (Wildman–Crippen LogP) is 3.18. The van der Waals surface area contributed by atoms with Crippen molar-refractivity contribution in [1.82, 2.24) is 14.9 Å². The lowest BCUT2D eigenvalue weighted by Crippen LogP contribution is -2.23. The third kappa shape index (κ3) is 3.81. The third-order valence-electron chi connectivity index (χ3n) is 3.25. The molecule has 0 radical (unpaired) electrons. The van der Waals surface area contributed by atoms with E-state index in [0.29, 0.717) is 10.9 Å². The van der Waals surface area contributed by atoms with E-state index in [1.165, 1.54) is 12.1 Å². The summed E-state index contributed by atoms with van der Waals surface area (Å²) in [5, 5.41) is 8.15. The molecule has 0 atom stereocenters. The molecular weight excluding hydrogens is 350 g/mol. The van der Waals surface area contributed by atoms with Gasteiger partial charge in [0.2, 0.25) is 21.8 Å². The number of sulfonamides is 1. The number of rotatable bonds is 5. The Morgan fingerprint density at radius 2 is 1.92 bits per heavy atom. The van der Waals surface area contributed by atoms with Crippen LogP contribution in [0.2, 0.25) is 5.02 Å². The van der Waals surface area contributed by atoms with Gasteiger partial charge in [0.05, 0.1) is 11.4 Å². The van der Waals surface area contributed by atoms with E-state index in [1.54, 1.807) is 12.1 Å². The Labute approximate surface area is 144 Å². The van der Waals surface area contributed by atoms with Crippen LogP contribution in [0.25, 0.3) is 11.5 Å². The van der Waals surface area contributed by atoms with Crippen molar-refractivity contribution in [2.75, 3.05) is 0 Å². The van der Waals surface area contributed by atoms with Crippen molar-refractivity contribution in [3.05, 3.63) is 65.0 Å². The van der Waals surface area contributed by atoms with Crippen LogP contribution >= 0.6 is 11.6 Å². The van der Waals surface area contributed by atoms with E-state index >= 15 is 0 Å². The van der Waals surface area contributed by atoms with Crippen LogP contribution in [0.1, 0.15) is 11.5 Å². The van der Waals surface area contributed by atoms with Gasteiger partial charge < -0.3 is 4.42 Å². The smallest absolute Gasteiger partial charge is 0.247 e. The molecule has 0 aliphatic carbocycles. The van der Waals surface area contributed by atoms with Gasteiger partial charge in [-0.2, -0.15) is 0 Å². The van der Waals surface area contributed by atoms with Crippen LogP contribution in [0, 0.1) is 6.92 Å². The van der Waals surface area contributed by atoms with Crippen LogP contribution in [0.15, 0.2) is 57.8 Å². The highest BCUT2D eigenvalue weighted by Gasteiger charge is 2.16. The maximum atomic E-state index is 12.2. The fourth-order valence-electron chi connectivity index (χ4n) is 2.09. The topological polar surface area (TPSA) is 85.1 Å². The number of halogens is 1. The van der Waals surface area contributed by atoms with Gasteiger partial charge in [-0.3, -0.25) is 0 Å². The molecule has 0 fully saturated rings. The minimum atomic E-state index is -3.71. The Hall–Kier alpha value is -2.22. The third-order valence-corrected chi connectivity index (χ3v) is 4.89. The van der Waals surface area contributed by atoms with Crippen molar-refractivity contribution in [3.8, 4) is 11.5 Å². The van der Waals surface area contributed by atoms with Gasteiger partial charge in [0, 0.05) is 10.6 Å². The summed E-state index contributed by atoms with van der Waals surface area (Å²) in [4.78, 5) is 0.0772. The Bertz CT molecular complexity index is 970. The molecule has 0 amide bonds. The van der Waals surface area contributed by atoms with Gasteiger partial charge in [-0.25, -0.2) is 13.1 Å². The summed E-state index contributed by atoms with van der Waals surface area (Å²) in [6.45, 7) is 1.85. The van der Waals surface area contributed by atoms with E-state index in [0.717, 1.165) is 11.1 Å². The molecule has 124 valence electrons. The summed E-state index contributed by atoms with van der Waals surface area (Å²) < 4.78 is 32.4. The molecule has 1 N–H and O–H groups in total.